The van der Waals surface area contributed by atoms with E-state index in [1.54, 1.807) is 4.90 Å². The minimum atomic E-state index is -0.634. The van der Waals surface area contributed by atoms with E-state index in [1.807, 2.05) is 23.5 Å². The number of nitrogens with zero attached hydrogens (tertiary/aromatic N) is 4. The van der Waals surface area contributed by atoms with E-state index < -0.39 is 11.6 Å². The van der Waals surface area contributed by atoms with Crippen LogP contribution in [-0.4, -0.2) is 93.0 Å². The zero-order chi connectivity index (χ0) is 45.0. The Morgan fingerprint density at radius 3 is 2.21 bits per heavy atom. The van der Waals surface area contributed by atoms with Crippen LogP contribution in [0.1, 0.15) is 110 Å². The van der Waals surface area contributed by atoms with Gasteiger partial charge in [-0.3, -0.25) is 9.59 Å². The Hall–Kier alpha value is -6.05. The van der Waals surface area contributed by atoms with E-state index in [2.05, 4.69) is 122 Å². The van der Waals surface area contributed by atoms with E-state index in [9.17, 15) is 14.4 Å². The highest BCUT2D eigenvalue weighted by Gasteiger charge is 2.41. The van der Waals surface area contributed by atoms with Crippen LogP contribution in [0.3, 0.4) is 0 Å². The Kier molecular flexibility index (Phi) is 16.4. The van der Waals surface area contributed by atoms with Gasteiger partial charge in [0, 0.05) is 30.2 Å². The minimum absolute atomic E-state index is 0.0297. The van der Waals surface area contributed by atoms with Gasteiger partial charge in [-0.05, 0) is 80.7 Å². The SMILES string of the molecule is C=C(NCC(=O)N1CCCC[C@]1(C)c1ncc(-c2ccc(-c3ccc(-c4cnc(C5CC[C@H](C)CN5C(=O)CNC(=O)OC)[nH]4)cc3)c3c(C)c[nH]c23)[nH]1)OC.CCC.CCC. The molecule has 0 radical (unpaired) electrons. The first kappa shape index (κ1) is 47.0. The fraction of sp³-hybridized carbons (Fsp3) is 0.479. The fourth-order valence-electron chi connectivity index (χ4n) is 8.24. The third-order valence-corrected chi connectivity index (χ3v) is 11.4. The first-order valence-electron chi connectivity index (χ1n) is 22.0. The number of H-pyrrole nitrogens is 3. The van der Waals surface area contributed by atoms with Gasteiger partial charge in [-0.25, -0.2) is 14.8 Å². The van der Waals surface area contributed by atoms with E-state index in [1.165, 1.54) is 27.1 Å². The fourth-order valence-corrected chi connectivity index (χ4v) is 8.24. The van der Waals surface area contributed by atoms with E-state index in [0.29, 0.717) is 24.9 Å². The maximum absolute atomic E-state index is 13.4. The molecule has 7 rings (SSSR count). The van der Waals surface area contributed by atoms with Crippen LogP contribution < -0.4 is 10.6 Å². The van der Waals surface area contributed by atoms with Gasteiger partial charge in [-0.1, -0.05) is 83.9 Å². The minimum Gasteiger partial charge on any atom is -0.483 e. The van der Waals surface area contributed by atoms with Gasteiger partial charge in [0.25, 0.3) is 0 Å². The second-order valence-electron chi connectivity index (χ2n) is 16.5. The molecule has 2 fully saturated rings. The number of methoxy groups -OCH3 is 2. The zero-order valence-corrected chi connectivity index (χ0v) is 38.2. The number of likely N-dealkylation sites (tertiary alicyclic amines) is 2. The molecule has 2 aromatic carbocycles. The molecule has 2 saturated heterocycles. The number of carbonyl (C=O) groups excluding carboxylic acids is 3. The van der Waals surface area contributed by atoms with Crippen LogP contribution >= 0.6 is 0 Å². The van der Waals surface area contributed by atoms with E-state index in [4.69, 9.17) is 14.7 Å². The number of hydrogen-bond donors (Lipinski definition) is 5. The van der Waals surface area contributed by atoms with Crippen molar-refractivity contribution in [2.75, 3.05) is 40.4 Å². The molecule has 2 aliphatic rings. The molecule has 2 aliphatic heterocycles. The lowest BCUT2D eigenvalue weighted by molar-refractivity contribution is -0.139. The second kappa shape index (κ2) is 21.7. The van der Waals surface area contributed by atoms with Crippen LogP contribution in [-0.2, 0) is 24.6 Å². The van der Waals surface area contributed by atoms with Gasteiger partial charge in [0.15, 0.2) is 5.88 Å². The molecule has 5 heterocycles. The van der Waals surface area contributed by atoms with E-state index >= 15 is 0 Å². The highest BCUT2D eigenvalue weighted by atomic mass is 16.5. The number of hydrogen-bond acceptors (Lipinski definition) is 8. The number of fused-ring (bicyclic) bond motifs is 1. The molecular weight excluding hydrogens is 783 g/mol. The third kappa shape index (κ3) is 10.7. The predicted molar refractivity (Wildman–Crippen MR) is 246 cm³/mol. The number of rotatable bonds is 11. The zero-order valence-electron chi connectivity index (χ0n) is 38.2. The van der Waals surface area contributed by atoms with Crippen molar-refractivity contribution in [3.05, 3.63) is 84.7 Å². The Labute approximate surface area is 366 Å². The number of piperidine rings is 2. The maximum atomic E-state index is 13.4. The number of ether oxygens (including phenoxy) is 2. The Balaban J connectivity index is 0.00000114. The first-order chi connectivity index (χ1) is 29.8. The molecule has 14 heteroatoms. The highest BCUT2D eigenvalue weighted by Crippen LogP contribution is 2.40. The third-order valence-electron chi connectivity index (χ3n) is 11.4. The molecule has 5 aromatic rings. The van der Waals surface area contributed by atoms with Crippen molar-refractivity contribution in [2.45, 2.75) is 105 Å². The van der Waals surface area contributed by atoms with Crippen molar-refractivity contribution < 1.29 is 23.9 Å². The van der Waals surface area contributed by atoms with E-state index in [0.717, 1.165) is 93.9 Å². The topological polar surface area (TPSA) is 173 Å². The molecule has 0 bridgehead atoms. The maximum Gasteiger partial charge on any atom is 0.407 e. The van der Waals surface area contributed by atoms with Crippen LogP contribution in [0.25, 0.3) is 44.5 Å². The molecule has 1 unspecified atom stereocenters. The van der Waals surface area contributed by atoms with Gasteiger partial charge in [0.05, 0.1) is 61.6 Å². The molecule has 62 heavy (non-hydrogen) atoms. The highest BCUT2D eigenvalue weighted by molar-refractivity contribution is 6.04. The van der Waals surface area contributed by atoms with Crippen molar-refractivity contribution in [3.8, 4) is 33.6 Å². The molecule has 5 N–H and O–H groups in total. The summed E-state index contributed by atoms with van der Waals surface area (Å²) in [5, 5.41) is 6.59. The van der Waals surface area contributed by atoms with Crippen LogP contribution in [0.15, 0.2) is 67.5 Å². The summed E-state index contributed by atoms with van der Waals surface area (Å²) in [6.45, 7) is 19.8. The smallest absolute Gasteiger partial charge is 0.407 e. The Morgan fingerprint density at radius 1 is 0.855 bits per heavy atom. The molecule has 3 amide bonds. The molecular formula is C48H67N9O5. The molecule has 3 aromatic heterocycles. The normalized spacial score (nSPS) is 18.5. The van der Waals surface area contributed by atoms with Crippen molar-refractivity contribution >= 4 is 28.8 Å². The molecule has 0 aliphatic carbocycles. The lowest BCUT2D eigenvalue weighted by atomic mass is 9.87. The average Bonchev–Trinajstić information content (AvgIpc) is 4.07. The molecule has 14 nitrogen and oxygen atoms in total. The monoisotopic (exact) mass is 850 g/mol. The number of amides is 3. The van der Waals surface area contributed by atoms with Gasteiger partial charge in [0.1, 0.15) is 18.2 Å². The molecule has 3 atom stereocenters. The summed E-state index contributed by atoms with van der Waals surface area (Å²) in [7, 11) is 2.80. The summed E-state index contributed by atoms with van der Waals surface area (Å²) in [4.78, 5) is 62.0. The van der Waals surface area contributed by atoms with Crippen molar-refractivity contribution in [3.63, 3.8) is 0 Å². The summed E-state index contributed by atoms with van der Waals surface area (Å²) >= 11 is 0. The van der Waals surface area contributed by atoms with Crippen molar-refractivity contribution in [2.24, 2.45) is 5.92 Å². The summed E-state index contributed by atoms with van der Waals surface area (Å²) in [5.74, 6) is 1.99. The van der Waals surface area contributed by atoms with Crippen LogP contribution in [0.4, 0.5) is 4.79 Å². The number of benzene rings is 2. The predicted octanol–water partition coefficient (Wildman–Crippen LogP) is 9.35. The summed E-state index contributed by atoms with van der Waals surface area (Å²) in [5.41, 5.74) is 7.44. The number of imidazole rings is 2. The van der Waals surface area contributed by atoms with Crippen LogP contribution in [0, 0.1) is 12.8 Å². The van der Waals surface area contributed by atoms with Crippen molar-refractivity contribution in [1.29, 1.82) is 0 Å². The number of aromatic amines is 3. The average molecular weight is 850 g/mol. The quantitative estimate of drug-likeness (QED) is 0.0818. The van der Waals surface area contributed by atoms with Crippen LogP contribution in [0.2, 0.25) is 0 Å². The van der Waals surface area contributed by atoms with Gasteiger partial charge in [-0.15, -0.1) is 0 Å². The summed E-state index contributed by atoms with van der Waals surface area (Å²) in [6, 6.07) is 12.5. The van der Waals surface area contributed by atoms with Crippen molar-refractivity contribution in [1.82, 2.24) is 45.4 Å². The lowest BCUT2D eigenvalue weighted by Crippen LogP contribution is -2.53. The van der Waals surface area contributed by atoms with Gasteiger partial charge >= 0.3 is 6.09 Å². The Morgan fingerprint density at radius 2 is 1.52 bits per heavy atom. The summed E-state index contributed by atoms with van der Waals surface area (Å²) < 4.78 is 9.74. The van der Waals surface area contributed by atoms with E-state index in [-0.39, 0.29) is 30.9 Å². The largest absolute Gasteiger partial charge is 0.483 e. The number of aromatic nitrogens is 5. The molecule has 334 valence electrons. The molecule has 0 saturated carbocycles. The van der Waals surface area contributed by atoms with Gasteiger partial charge < -0.3 is 44.9 Å². The number of aryl methyl sites for hydroxylation is 1. The number of nitrogens with one attached hydrogen (secondary N) is 5. The summed E-state index contributed by atoms with van der Waals surface area (Å²) in [6.07, 6.45) is 12.1. The molecule has 0 spiro atoms. The Bertz CT molecular complexity index is 2270. The van der Waals surface area contributed by atoms with Gasteiger partial charge in [0.2, 0.25) is 11.8 Å². The second-order valence-corrected chi connectivity index (χ2v) is 16.5. The van der Waals surface area contributed by atoms with Crippen LogP contribution in [0.5, 0.6) is 0 Å². The van der Waals surface area contributed by atoms with Gasteiger partial charge in [-0.2, -0.15) is 0 Å². The standard InChI is InChI=1S/C42H51N9O5.2C3H8/c1-25-9-16-34(50(24-25)35(52)22-47-41(54)56-6)39-45-20-32(48-39)29-12-10-28(11-13-29)30-14-15-31(38-37(30)26(2)19-44-38)33-21-46-40(49-33)42(4)17-7-8-18-51(42)36(53)23-43-27(3)55-5;2*1-3-2/h10-15,19-21,25,34,43-44H,3,7-9,16-18,22-24H2,1-2,4-6H3,(H,45,48)(H,46,49)(H,47,54);2*3H2,1-2H3/t25-,34?,42+;;/m0../s1. The number of carbonyl (C=O) groups is 3. The first-order valence-corrected chi connectivity index (χ1v) is 22.0. The number of alkyl carbamates (subject to hydrolysis) is 1. The lowest BCUT2D eigenvalue weighted by Gasteiger charge is -2.43.